The van der Waals surface area contributed by atoms with E-state index in [-0.39, 0.29) is 23.9 Å². The molecule has 3 rings (SSSR count). The Morgan fingerprint density at radius 3 is 3.00 bits per heavy atom. The molecule has 0 bridgehead atoms. The molecule has 2 aliphatic rings. The van der Waals surface area contributed by atoms with Gasteiger partial charge in [0, 0.05) is 17.2 Å². The van der Waals surface area contributed by atoms with Crippen molar-refractivity contribution in [2.45, 2.75) is 25.0 Å². The highest BCUT2D eigenvalue weighted by atomic mass is 19.1. The lowest BCUT2D eigenvalue weighted by molar-refractivity contribution is 0.202. The van der Waals surface area contributed by atoms with E-state index < -0.39 is 5.54 Å². The summed E-state index contributed by atoms with van der Waals surface area (Å²) < 4.78 is 19.2. The summed E-state index contributed by atoms with van der Waals surface area (Å²) in [5.41, 5.74) is 11.7. The van der Waals surface area contributed by atoms with Crippen molar-refractivity contribution < 1.29 is 9.13 Å². The number of rotatable bonds is 1. The molecule has 1 unspecified atom stereocenters. The third kappa shape index (κ3) is 1.45. The molecule has 4 N–H and O–H groups in total. The molecule has 1 aliphatic heterocycles. The summed E-state index contributed by atoms with van der Waals surface area (Å²) in [5.74, 6) is -0.114. The Kier molecular flexibility index (Phi) is 1.91. The molecule has 0 aromatic heterocycles. The van der Waals surface area contributed by atoms with E-state index in [1.54, 1.807) is 12.1 Å². The van der Waals surface area contributed by atoms with Crippen LogP contribution in [-0.4, -0.2) is 12.1 Å². The zero-order chi connectivity index (χ0) is 12.2. The second-order valence-electron chi connectivity index (χ2n) is 4.84. The average molecular weight is 235 g/mol. The molecule has 1 fully saturated rings. The highest BCUT2D eigenvalue weighted by Gasteiger charge is 2.57. The van der Waals surface area contributed by atoms with Crippen LogP contribution in [-0.2, 0) is 10.3 Å². The maximum atomic E-state index is 13.9. The molecule has 1 aliphatic carbocycles. The Balaban J connectivity index is 2.13. The zero-order valence-electron chi connectivity index (χ0n) is 9.48. The lowest BCUT2D eigenvalue weighted by Crippen LogP contribution is -2.35. The van der Waals surface area contributed by atoms with Crippen molar-refractivity contribution in [1.82, 2.24) is 0 Å². The first kappa shape index (κ1) is 10.4. The summed E-state index contributed by atoms with van der Waals surface area (Å²) in [4.78, 5) is 4.29. The van der Waals surface area contributed by atoms with Crippen molar-refractivity contribution in [1.29, 1.82) is 0 Å². The van der Waals surface area contributed by atoms with Gasteiger partial charge in [-0.2, -0.15) is 0 Å². The van der Waals surface area contributed by atoms with Gasteiger partial charge in [-0.25, -0.2) is 9.38 Å². The number of hydrogen-bond acceptors (Lipinski definition) is 4. The lowest BCUT2D eigenvalue weighted by atomic mass is 9.86. The third-order valence-electron chi connectivity index (χ3n) is 3.60. The predicted octanol–water partition coefficient (Wildman–Crippen LogP) is 1.36. The summed E-state index contributed by atoms with van der Waals surface area (Å²) in [6.45, 7) is 1.88. The minimum Gasteiger partial charge on any atom is -0.462 e. The summed E-state index contributed by atoms with van der Waals surface area (Å²) in [7, 11) is 0. The molecule has 17 heavy (non-hydrogen) atoms. The molecule has 1 heterocycles. The smallest absolute Gasteiger partial charge is 0.283 e. The Bertz CT molecular complexity index is 516. The van der Waals surface area contributed by atoms with Gasteiger partial charge >= 0.3 is 0 Å². The van der Waals surface area contributed by atoms with Crippen LogP contribution in [0.15, 0.2) is 23.2 Å². The number of benzene rings is 1. The molecule has 0 spiro atoms. The van der Waals surface area contributed by atoms with Crippen LogP contribution in [0, 0.1) is 11.7 Å². The minimum atomic E-state index is -0.660. The Hall–Kier alpha value is -1.78. The SMILES string of the molecule is C[C@@]1(c2cc(N)ccc2F)N=C(N)OC2C[C@H]21. The molecule has 90 valence electrons. The van der Waals surface area contributed by atoms with E-state index >= 15 is 0 Å². The normalized spacial score (nSPS) is 34.6. The molecule has 1 saturated carbocycles. The van der Waals surface area contributed by atoms with Crippen LogP contribution in [0.2, 0.25) is 0 Å². The molecular weight excluding hydrogens is 221 g/mol. The first-order valence-corrected chi connectivity index (χ1v) is 5.58. The third-order valence-corrected chi connectivity index (χ3v) is 3.60. The van der Waals surface area contributed by atoms with Crippen LogP contribution in [0.4, 0.5) is 10.1 Å². The van der Waals surface area contributed by atoms with E-state index in [4.69, 9.17) is 16.2 Å². The van der Waals surface area contributed by atoms with Crippen molar-refractivity contribution in [2.75, 3.05) is 5.73 Å². The highest BCUT2D eigenvalue weighted by Crippen LogP contribution is 2.53. The van der Waals surface area contributed by atoms with Crippen molar-refractivity contribution >= 4 is 11.7 Å². The quantitative estimate of drug-likeness (QED) is 0.722. The van der Waals surface area contributed by atoms with E-state index in [0.717, 1.165) is 6.42 Å². The standard InChI is InChI=1S/C12H14FN3O/c1-12(7-4-6(14)2-3-9(7)13)8-5-10(8)17-11(15)16-12/h2-4,8,10H,5,14H2,1H3,(H2,15,16)/t8-,10?,12+/m1/s1. The maximum Gasteiger partial charge on any atom is 0.283 e. The Morgan fingerprint density at radius 1 is 1.47 bits per heavy atom. The van der Waals surface area contributed by atoms with Crippen LogP contribution in [0.3, 0.4) is 0 Å². The zero-order valence-corrected chi connectivity index (χ0v) is 9.48. The van der Waals surface area contributed by atoms with Crippen LogP contribution in [0.1, 0.15) is 18.9 Å². The van der Waals surface area contributed by atoms with Crippen LogP contribution < -0.4 is 11.5 Å². The Labute approximate surface area is 98.5 Å². The second kappa shape index (κ2) is 3.12. The van der Waals surface area contributed by atoms with Gasteiger partial charge in [-0.3, -0.25) is 0 Å². The van der Waals surface area contributed by atoms with Gasteiger partial charge < -0.3 is 16.2 Å². The average Bonchev–Trinajstić information content (AvgIpc) is 3.01. The van der Waals surface area contributed by atoms with Gasteiger partial charge in [-0.05, 0) is 31.5 Å². The van der Waals surface area contributed by atoms with Crippen LogP contribution in [0.25, 0.3) is 0 Å². The molecular formula is C12H14FN3O. The lowest BCUT2D eigenvalue weighted by Gasteiger charge is -2.30. The molecule has 4 nitrogen and oxygen atoms in total. The van der Waals surface area contributed by atoms with E-state index in [9.17, 15) is 4.39 Å². The van der Waals surface area contributed by atoms with Crippen LogP contribution >= 0.6 is 0 Å². The first-order chi connectivity index (χ1) is 8.00. The van der Waals surface area contributed by atoms with Gasteiger partial charge in [0.1, 0.15) is 11.9 Å². The molecule has 1 aromatic carbocycles. The minimum absolute atomic E-state index is 0.0679. The number of aliphatic imine (C=N–C) groups is 1. The van der Waals surface area contributed by atoms with Gasteiger partial charge in [0.15, 0.2) is 0 Å². The molecule has 0 amide bonds. The summed E-state index contributed by atoms with van der Waals surface area (Å²) in [6.07, 6.45) is 0.924. The van der Waals surface area contributed by atoms with E-state index in [1.807, 2.05) is 6.92 Å². The van der Waals surface area contributed by atoms with Gasteiger partial charge in [0.2, 0.25) is 0 Å². The predicted molar refractivity (Wildman–Crippen MR) is 62.8 cm³/mol. The molecule has 1 aromatic rings. The Morgan fingerprint density at radius 2 is 2.24 bits per heavy atom. The van der Waals surface area contributed by atoms with E-state index in [0.29, 0.717) is 11.3 Å². The number of ether oxygens (including phenoxy) is 1. The molecule has 3 atom stereocenters. The monoisotopic (exact) mass is 235 g/mol. The summed E-state index contributed by atoms with van der Waals surface area (Å²) in [6, 6.07) is 4.67. The van der Waals surface area contributed by atoms with Gasteiger partial charge in [0.25, 0.3) is 6.02 Å². The molecule has 5 heteroatoms. The molecule has 0 radical (unpaired) electrons. The van der Waals surface area contributed by atoms with E-state index in [2.05, 4.69) is 4.99 Å². The van der Waals surface area contributed by atoms with Gasteiger partial charge in [-0.1, -0.05) is 0 Å². The van der Waals surface area contributed by atoms with Crippen LogP contribution in [0.5, 0.6) is 0 Å². The highest BCUT2D eigenvalue weighted by molar-refractivity contribution is 5.74. The number of halogens is 1. The number of nitrogens with zero attached hydrogens (tertiary/aromatic N) is 1. The fraction of sp³-hybridized carbons (Fsp3) is 0.417. The second-order valence-corrected chi connectivity index (χ2v) is 4.84. The number of hydrogen-bond donors (Lipinski definition) is 2. The largest absolute Gasteiger partial charge is 0.462 e. The van der Waals surface area contributed by atoms with Crippen molar-refractivity contribution in [3.63, 3.8) is 0 Å². The number of anilines is 1. The topological polar surface area (TPSA) is 73.6 Å². The fourth-order valence-corrected chi connectivity index (χ4v) is 2.58. The number of fused-ring (bicyclic) bond motifs is 1. The summed E-state index contributed by atoms with van der Waals surface area (Å²) >= 11 is 0. The maximum absolute atomic E-state index is 13.9. The van der Waals surface area contributed by atoms with E-state index in [1.165, 1.54) is 6.07 Å². The first-order valence-electron chi connectivity index (χ1n) is 5.58. The number of nitrogen functional groups attached to an aromatic ring is 1. The number of amidine groups is 1. The van der Waals surface area contributed by atoms with Gasteiger partial charge in [0.05, 0.1) is 5.54 Å². The fourth-order valence-electron chi connectivity index (χ4n) is 2.58. The van der Waals surface area contributed by atoms with Crippen molar-refractivity contribution in [2.24, 2.45) is 16.6 Å². The number of nitrogens with two attached hydrogens (primary N) is 2. The molecule has 0 saturated heterocycles. The van der Waals surface area contributed by atoms with Gasteiger partial charge in [-0.15, -0.1) is 0 Å². The summed E-state index contributed by atoms with van der Waals surface area (Å²) in [5, 5.41) is 0. The van der Waals surface area contributed by atoms with Crippen molar-refractivity contribution in [3.8, 4) is 0 Å². The van der Waals surface area contributed by atoms with Crippen molar-refractivity contribution in [3.05, 3.63) is 29.6 Å².